The number of carbonyl (C=O) groups is 2. The van der Waals surface area contributed by atoms with Crippen LogP contribution in [0.3, 0.4) is 0 Å². The first kappa shape index (κ1) is 14.7. The fourth-order valence-electron chi connectivity index (χ4n) is 2.86. The first-order chi connectivity index (χ1) is 9.22. The number of amides is 2. The van der Waals surface area contributed by atoms with Gasteiger partial charge in [0.1, 0.15) is 6.04 Å². The molecule has 0 aromatic rings. The summed E-state index contributed by atoms with van der Waals surface area (Å²) < 4.78 is 0. The van der Waals surface area contributed by atoms with Crippen LogP contribution >= 0.6 is 11.8 Å². The molecule has 0 saturated carbocycles. The second kappa shape index (κ2) is 7.17. The van der Waals surface area contributed by atoms with Crippen molar-refractivity contribution in [2.45, 2.75) is 45.1 Å². The Morgan fingerprint density at radius 1 is 1.47 bits per heavy atom. The molecule has 0 aliphatic carbocycles. The number of hydrogen-bond donors (Lipinski definition) is 1. The summed E-state index contributed by atoms with van der Waals surface area (Å²) in [5.41, 5.74) is 0. The third kappa shape index (κ3) is 3.88. The summed E-state index contributed by atoms with van der Waals surface area (Å²) in [7, 11) is 0. The molecule has 0 radical (unpaired) electrons. The van der Waals surface area contributed by atoms with Gasteiger partial charge in [-0.2, -0.15) is 11.8 Å². The van der Waals surface area contributed by atoms with E-state index in [0.29, 0.717) is 18.8 Å². The topological polar surface area (TPSA) is 49.4 Å². The molecule has 5 heteroatoms. The first-order valence-electron chi connectivity index (χ1n) is 7.37. The van der Waals surface area contributed by atoms with Gasteiger partial charge < -0.3 is 10.2 Å². The largest absolute Gasteiger partial charge is 0.354 e. The molecule has 2 fully saturated rings. The zero-order valence-corrected chi connectivity index (χ0v) is 12.5. The number of hydrogen-bond acceptors (Lipinski definition) is 3. The third-order valence-corrected chi connectivity index (χ3v) is 5.13. The molecule has 2 aliphatic rings. The van der Waals surface area contributed by atoms with Crippen LogP contribution in [0.1, 0.15) is 39.0 Å². The second-order valence-electron chi connectivity index (χ2n) is 5.42. The standard InChI is InChI=1S/C14H24N2O2S/c1-2-12(16-7-3-4-13(16)17)14(18)15-10-11-5-8-19-9-6-11/h11-12H,2-10H2,1H3,(H,15,18)/t12-/m1/s1. The molecule has 2 saturated heterocycles. The molecule has 1 N–H and O–H groups in total. The lowest BCUT2D eigenvalue weighted by Crippen LogP contribution is -2.48. The molecule has 0 aromatic heterocycles. The average Bonchev–Trinajstić information content (AvgIpc) is 2.85. The SMILES string of the molecule is CC[C@H](C(=O)NCC1CCSCC1)N1CCCC1=O. The van der Waals surface area contributed by atoms with E-state index in [1.807, 2.05) is 18.7 Å². The number of nitrogens with one attached hydrogen (secondary N) is 1. The highest BCUT2D eigenvalue weighted by atomic mass is 32.2. The van der Waals surface area contributed by atoms with E-state index in [2.05, 4.69) is 5.32 Å². The molecule has 19 heavy (non-hydrogen) atoms. The van der Waals surface area contributed by atoms with E-state index in [-0.39, 0.29) is 17.9 Å². The van der Waals surface area contributed by atoms with Gasteiger partial charge in [0.2, 0.25) is 11.8 Å². The maximum atomic E-state index is 12.2. The van der Waals surface area contributed by atoms with Crippen molar-refractivity contribution in [3.05, 3.63) is 0 Å². The van der Waals surface area contributed by atoms with Crippen LogP contribution in [-0.4, -0.2) is 47.4 Å². The third-order valence-electron chi connectivity index (χ3n) is 4.08. The maximum absolute atomic E-state index is 12.2. The fraction of sp³-hybridized carbons (Fsp3) is 0.857. The van der Waals surface area contributed by atoms with Gasteiger partial charge in [-0.1, -0.05) is 6.92 Å². The highest BCUT2D eigenvalue weighted by molar-refractivity contribution is 7.99. The van der Waals surface area contributed by atoms with Gasteiger partial charge in [0, 0.05) is 19.5 Å². The van der Waals surface area contributed by atoms with Crippen LogP contribution in [0.25, 0.3) is 0 Å². The molecule has 2 heterocycles. The average molecular weight is 284 g/mol. The highest BCUT2D eigenvalue weighted by Gasteiger charge is 2.31. The monoisotopic (exact) mass is 284 g/mol. The Morgan fingerprint density at radius 2 is 2.21 bits per heavy atom. The van der Waals surface area contributed by atoms with Crippen LogP contribution in [0.15, 0.2) is 0 Å². The summed E-state index contributed by atoms with van der Waals surface area (Å²) in [5, 5.41) is 3.06. The van der Waals surface area contributed by atoms with E-state index in [4.69, 9.17) is 0 Å². The van der Waals surface area contributed by atoms with Crippen LogP contribution in [0.5, 0.6) is 0 Å². The molecule has 4 nitrogen and oxygen atoms in total. The van der Waals surface area contributed by atoms with Gasteiger partial charge in [-0.25, -0.2) is 0 Å². The van der Waals surface area contributed by atoms with Crippen molar-refractivity contribution in [3.8, 4) is 0 Å². The van der Waals surface area contributed by atoms with E-state index in [9.17, 15) is 9.59 Å². The summed E-state index contributed by atoms with van der Waals surface area (Å²) >= 11 is 2.00. The summed E-state index contributed by atoms with van der Waals surface area (Å²) in [6.45, 7) is 3.50. The van der Waals surface area contributed by atoms with Gasteiger partial charge in [-0.3, -0.25) is 9.59 Å². The summed E-state index contributed by atoms with van der Waals surface area (Å²) in [4.78, 5) is 25.7. The van der Waals surface area contributed by atoms with E-state index in [1.165, 1.54) is 24.3 Å². The molecule has 2 aliphatic heterocycles. The summed E-state index contributed by atoms with van der Waals surface area (Å²) in [6, 6.07) is -0.257. The van der Waals surface area contributed by atoms with E-state index >= 15 is 0 Å². The number of thioether (sulfide) groups is 1. The Labute approximate surface area is 119 Å². The maximum Gasteiger partial charge on any atom is 0.242 e. The van der Waals surface area contributed by atoms with Crippen LogP contribution in [0.2, 0.25) is 0 Å². The summed E-state index contributed by atoms with van der Waals surface area (Å²) in [6.07, 6.45) is 4.60. The Kier molecular flexibility index (Phi) is 5.55. The zero-order chi connectivity index (χ0) is 13.7. The Hall–Kier alpha value is -0.710. The number of nitrogens with zero attached hydrogens (tertiary/aromatic N) is 1. The predicted octanol–water partition coefficient (Wildman–Crippen LogP) is 1.65. The molecule has 2 rings (SSSR count). The van der Waals surface area contributed by atoms with Crippen molar-refractivity contribution in [1.82, 2.24) is 10.2 Å². The molecular weight excluding hydrogens is 260 g/mol. The molecule has 0 unspecified atom stereocenters. The van der Waals surface area contributed by atoms with Gasteiger partial charge >= 0.3 is 0 Å². The Morgan fingerprint density at radius 3 is 2.79 bits per heavy atom. The van der Waals surface area contributed by atoms with E-state index < -0.39 is 0 Å². The van der Waals surface area contributed by atoms with Crippen molar-refractivity contribution in [1.29, 1.82) is 0 Å². The minimum absolute atomic E-state index is 0.0379. The van der Waals surface area contributed by atoms with Crippen molar-refractivity contribution in [2.24, 2.45) is 5.92 Å². The van der Waals surface area contributed by atoms with E-state index in [0.717, 1.165) is 19.5 Å². The zero-order valence-electron chi connectivity index (χ0n) is 11.7. The van der Waals surface area contributed by atoms with E-state index in [1.54, 1.807) is 4.90 Å². The van der Waals surface area contributed by atoms with Gasteiger partial charge in [0.15, 0.2) is 0 Å². The lowest BCUT2D eigenvalue weighted by atomic mass is 10.0. The van der Waals surface area contributed by atoms with Crippen LogP contribution in [0.4, 0.5) is 0 Å². The fourth-order valence-corrected chi connectivity index (χ4v) is 4.06. The highest BCUT2D eigenvalue weighted by Crippen LogP contribution is 2.22. The lowest BCUT2D eigenvalue weighted by Gasteiger charge is -2.27. The number of carbonyl (C=O) groups excluding carboxylic acids is 2. The molecule has 0 aromatic carbocycles. The Balaban J connectivity index is 1.81. The molecule has 2 amide bonds. The van der Waals surface area contributed by atoms with Crippen molar-refractivity contribution < 1.29 is 9.59 Å². The number of likely N-dealkylation sites (tertiary alicyclic amines) is 1. The molecule has 0 bridgehead atoms. The van der Waals surface area contributed by atoms with Crippen LogP contribution in [0, 0.1) is 5.92 Å². The first-order valence-corrected chi connectivity index (χ1v) is 8.52. The molecule has 0 spiro atoms. The quantitative estimate of drug-likeness (QED) is 0.835. The van der Waals surface area contributed by atoms with Crippen LogP contribution in [-0.2, 0) is 9.59 Å². The smallest absolute Gasteiger partial charge is 0.242 e. The van der Waals surface area contributed by atoms with Crippen molar-refractivity contribution in [2.75, 3.05) is 24.6 Å². The predicted molar refractivity (Wildman–Crippen MR) is 78.1 cm³/mol. The van der Waals surface area contributed by atoms with Gasteiger partial charge in [0.05, 0.1) is 0 Å². The van der Waals surface area contributed by atoms with Gasteiger partial charge in [0.25, 0.3) is 0 Å². The molecular formula is C14H24N2O2S. The normalized spacial score (nSPS) is 22.6. The minimum Gasteiger partial charge on any atom is -0.354 e. The molecule has 1 atom stereocenters. The Bertz CT molecular complexity index is 329. The molecule has 108 valence electrons. The van der Waals surface area contributed by atoms with Crippen molar-refractivity contribution >= 4 is 23.6 Å². The second-order valence-corrected chi connectivity index (χ2v) is 6.64. The lowest BCUT2D eigenvalue weighted by molar-refractivity contribution is -0.137. The van der Waals surface area contributed by atoms with Crippen molar-refractivity contribution in [3.63, 3.8) is 0 Å². The summed E-state index contributed by atoms with van der Waals surface area (Å²) in [5.74, 6) is 3.22. The van der Waals surface area contributed by atoms with Gasteiger partial charge in [-0.15, -0.1) is 0 Å². The van der Waals surface area contributed by atoms with Crippen LogP contribution < -0.4 is 5.32 Å². The number of rotatable bonds is 5. The minimum atomic E-state index is -0.257. The van der Waals surface area contributed by atoms with Gasteiger partial charge in [-0.05, 0) is 43.1 Å².